The van der Waals surface area contributed by atoms with Crippen LogP contribution in [0.4, 0.5) is 14.5 Å². The van der Waals surface area contributed by atoms with Crippen molar-refractivity contribution in [1.29, 1.82) is 0 Å². The van der Waals surface area contributed by atoms with Gasteiger partial charge in [-0.1, -0.05) is 39.0 Å². The lowest BCUT2D eigenvalue weighted by Crippen LogP contribution is -2.28. The standard InChI is InChI=1S/C18H23F2N3O/c1-18(2,3)10-9-12-7-5-6-8-14(12)23(4)17(24)13-11-21-22-15(13)16(19)20/h5-8,11,16H,9-10H2,1-4H3,(H,21,22). The maximum atomic E-state index is 13.0. The fourth-order valence-electron chi connectivity index (χ4n) is 2.48. The summed E-state index contributed by atoms with van der Waals surface area (Å²) in [6, 6.07) is 7.55. The van der Waals surface area contributed by atoms with E-state index in [0.29, 0.717) is 0 Å². The van der Waals surface area contributed by atoms with Gasteiger partial charge in [-0.2, -0.15) is 5.10 Å². The molecular formula is C18H23F2N3O. The summed E-state index contributed by atoms with van der Waals surface area (Å²) < 4.78 is 26.0. The first kappa shape index (κ1) is 18.1. The number of para-hydroxylation sites is 1. The molecule has 2 rings (SSSR count). The molecule has 0 aliphatic rings. The zero-order valence-corrected chi connectivity index (χ0v) is 14.4. The lowest BCUT2D eigenvalue weighted by atomic mass is 9.88. The third kappa shape index (κ3) is 4.19. The van der Waals surface area contributed by atoms with Gasteiger partial charge in [-0.3, -0.25) is 9.89 Å². The van der Waals surface area contributed by atoms with Crippen LogP contribution < -0.4 is 4.90 Å². The van der Waals surface area contributed by atoms with Crippen LogP contribution in [-0.4, -0.2) is 23.2 Å². The number of rotatable bonds is 5. The minimum atomic E-state index is -2.77. The third-order valence-electron chi connectivity index (χ3n) is 3.92. The minimum Gasteiger partial charge on any atom is -0.311 e. The second kappa shape index (κ2) is 7.11. The van der Waals surface area contributed by atoms with Gasteiger partial charge in [0.1, 0.15) is 5.69 Å². The van der Waals surface area contributed by atoms with Crippen LogP contribution in [0.5, 0.6) is 0 Å². The van der Waals surface area contributed by atoms with Crippen LogP contribution >= 0.6 is 0 Å². The normalized spacial score (nSPS) is 11.8. The Labute approximate surface area is 140 Å². The summed E-state index contributed by atoms with van der Waals surface area (Å²) in [6.07, 6.45) is 0.152. The Bertz CT molecular complexity index is 704. The number of benzene rings is 1. The lowest BCUT2D eigenvalue weighted by Gasteiger charge is -2.23. The number of amides is 1. The number of nitrogens with one attached hydrogen (secondary N) is 1. The maximum absolute atomic E-state index is 13.0. The smallest absolute Gasteiger partial charge is 0.280 e. The van der Waals surface area contributed by atoms with Gasteiger partial charge in [0.15, 0.2) is 0 Å². The van der Waals surface area contributed by atoms with Gasteiger partial charge in [0.25, 0.3) is 12.3 Å². The molecule has 6 heteroatoms. The van der Waals surface area contributed by atoms with Crippen molar-refractivity contribution < 1.29 is 13.6 Å². The average Bonchev–Trinajstić information content (AvgIpc) is 3.01. The van der Waals surface area contributed by atoms with Crippen molar-refractivity contribution >= 4 is 11.6 Å². The lowest BCUT2D eigenvalue weighted by molar-refractivity contribution is 0.0977. The number of aromatic nitrogens is 2. The van der Waals surface area contributed by atoms with Crippen LogP contribution in [0.2, 0.25) is 0 Å². The number of alkyl halides is 2. The van der Waals surface area contributed by atoms with Crippen LogP contribution in [0.15, 0.2) is 30.5 Å². The molecule has 0 saturated carbocycles. The van der Waals surface area contributed by atoms with Gasteiger partial charge < -0.3 is 4.90 Å². The van der Waals surface area contributed by atoms with Crippen LogP contribution in [0, 0.1) is 5.41 Å². The van der Waals surface area contributed by atoms with Crippen molar-refractivity contribution in [2.45, 2.75) is 40.0 Å². The number of aromatic amines is 1. The van der Waals surface area contributed by atoms with Crippen LogP contribution in [-0.2, 0) is 6.42 Å². The molecule has 1 aromatic heterocycles. The van der Waals surface area contributed by atoms with Gasteiger partial charge >= 0.3 is 0 Å². The zero-order valence-electron chi connectivity index (χ0n) is 14.4. The topological polar surface area (TPSA) is 49.0 Å². The number of carbonyl (C=O) groups excluding carboxylic acids is 1. The number of hydrogen-bond acceptors (Lipinski definition) is 2. The van der Waals surface area contributed by atoms with Gasteiger partial charge in [-0.05, 0) is 29.9 Å². The molecule has 1 N–H and O–H groups in total. The van der Waals surface area contributed by atoms with Gasteiger partial charge in [-0.15, -0.1) is 0 Å². The Hall–Kier alpha value is -2.24. The summed E-state index contributed by atoms with van der Waals surface area (Å²) in [5.41, 5.74) is 1.37. The number of anilines is 1. The average molecular weight is 335 g/mol. The molecule has 2 aromatic rings. The molecule has 130 valence electrons. The number of carbonyl (C=O) groups is 1. The molecule has 0 atom stereocenters. The molecule has 0 radical (unpaired) electrons. The Kier molecular flexibility index (Phi) is 5.36. The number of nitrogens with zero attached hydrogens (tertiary/aromatic N) is 2. The molecule has 0 spiro atoms. The quantitative estimate of drug-likeness (QED) is 0.868. The summed E-state index contributed by atoms with van der Waals surface area (Å²) in [6.45, 7) is 6.47. The van der Waals surface area contributed by atoms with Gasteiger partial charge in [0.2, 0.25) is 0 Å². The summed E-state index contributed by atoms with van der Waals surface area (Å²) >= 11 is 0. The van der Waals surface area contributed by atoms with E-state index in [1.165, 1.54) is 4.90 Å². The highest BCUT2D eigenvalue weighted by Crippen LogP contribution is 2.28. The summed E-state index contributed by atoms with van der Waals surface area (Å²) in [5, 5.41) is 5.78. The first-order valence-corrected chi connectivity index (χ1v) is 7.88. The molecule has 0 fully saturated rings. The Balaban J connectivity index is 2.27. The highest BCUT2D eigenvalue weighted by molar-refractivity contribution is 6.06. The number of halogens is 2. The zero-order chi connectivity index (χ0) is 17.9. The summed E-state index contributed by atoms with van der Waals surface area (Å²) in [4.78, 5) is 14.0. The molecule has 0 unspecified atom stereocenters. The van der Waals surface area contributed by atoms with E-state index in [2.05, 4.69) is 31.0 Å². The van der Waals surface area contributed by atoms with Gasteiger partial charge in [0, 0.05) is 12.7 Å². The van der Waals surface area contributed by atoms with Crippen LogP contribution in [0.3, 0.4) is 0 Å². The molecule has 0 aliphatic carbocycles. The van der Waals surface area contributed by atoms with Crippen molar-refractivity contribution in [3.63, 3.8) is 0 Å². The molecule has 0 bridgehead atoms. The molecular weight excluding hydrogens is 312 g/mol. The Morgan fingerprint density at radius 2 is 1.96 bits per heavy atom. The Morgan fingerprint density at radius 1 is 1.29 bits per heavy atom. The minimum absolute atomic E-state index is 0.0990. The molecule has 1 amide bonds. The molecule has 4 nitrogen and oxygen atoms in total. The monoisotopic (exact) mass is 335 g/mol. The Morgan fingerprint density at radius 3 is 2.58 bits per heavy atom. The van der Waals surface area contributed by atoms with Crippen molar-refractivity contribution in [2.24, 2.45) is 5.41 Å². The first-order chi connectivity index (χ1) is 11.2. The molecule has 1 aromatic carbocycles. The number of aryl methyl sites for hydroxylation is 1. The number of H-pyrrole nitrogens is 1. The van der Waals surface area contributed by atoms with Crippen LogP contribution in [0.25, 0.3) is 0 Å². The fraction of sp³-hybridized carbons (Fsp3) is 0.444. The second-order valence-corrected chi connectivity index (χ2v) is 7.05. The molecule has 0 aliphatic heterocycles. The van der Waals surface area contributed by atoms with E-state index in [9.17, 15) is 13.6 Å². The summed E-state index contributed by atoms with van der Waals surface area (Å²) in [5.74, 6) is -0.498. The van der Waals surface area contributed by atoms with E-state index in [-0.39, 0.29) is 11.0 Å². The third-order valence-corrected chi connectivity index (χ3v) is 3.92. The van der Waals surface area contributed by atoms with Gasteiger partial charge in [-0.25, -0.2) is 8.78 Å². The van der Waals surface area contributed by atoms with E-state index in [1.807, 2.05) is 24.3 Å². The van der Waals surface area contributed by atoms with E-state index >= 15 is 0 Å². The second-order valence-electron chi connectivity index (χ2n) is 7.05. The SMILES string of the molecule is CN(C(=O)c1cn[nH]c1C(F)F)c1ccccc1CCC(C)(C)C. The van der Waals surface area contributed by atoms with Crippen molar-refractivity contribution in [3.05, 3.63) is 47.3 Å². The highest BCUT2D eigenvalue weighted by atomic mass is 19.3. The highest BCUT2D eigenvalue weighted by Gasteiger charge is 2.25. The molecule has 1 heterocycles. The van der Waals surface area contributed by atoms with Crippen LogP contribution in [0.1, 0.15) is 55.2 Å². The summed E-state index contributed by atoms with van der Waals surface area (Å²) in [7, 11) is 1.60. The first-order valence-electron chi connectivity index (χ1n) is 7.88. The van der Waals surface area contributed by atoms with E-state index < -0.39 is 18.0 Å². The maximum Gasteiger partial charge on any atom is 0.280 e. The van der Waals surface area contributed by atoms with E-state index in [1.54, 1.807) is 7.05 Å². The van der Waals surface area contributed by atoms with E-state index in [0.717, 1.165) is 30.3 Å². The predicted molar refractivity (Wildman–Crippen MR) is 90.5 cm³/mol. The van der Waals surface area contributed by atoms with Gasteiger partial charge in [0.05, 0.1) is 11.8 Å². The fourth-order valence-corrected chi connectivity index (χ4v) is 2.48. The molecule has 0 saturated heterocycles. The van der Waals surface area contributed by atoms with Crippen molar-refractivity contribution in [3.8, 4) is 0 Å². The predicted octanol–water partition coefficient (Wildman–Crippen LogP) is 4.60. The largest absolute Gasteiger partial charge is 0.311 e. The van der Waals surface area contributed by atoms with E-state index in [4.69, 9.17) is 0 Å². The number of hydrogen-bond donors (Lipinski definition) is 1. The van der Waals surface area contributed by atoms with Crippen molar-refractivity contribution in [1.82, 2.24) is 10.2 Å². The molecule has 24 heavy (non-hydrogen) atoms. The van der Waals surface area contributed by atoms with Crippen molar-refractivity contribution in [2.75, 3.05) is 11.9 Å².